The van der Waals surface area contributed by atoms with Crippen LogP contribution in [0, 0.1) is 0 Å². The summed E-state index contributed by atoms with van der Waals surface area (Å²) >= 11 is 0. The highest BCUT2D eigenvalue weighted by Gasteiger charge is 2.40. The van der Waals surface area contributed by atoms with Crippen LogP contribution in [0.15, 0.2) is 164 Å². The van der Waals surface area contributed by atoms with Crippen LogP contribution in [0.25, 0.3) is 83.3 Å². The van der Waals surface area contributed by atoms with Gasteiger partial charge in [0.1, 0.15) is 0 Å². The zero-order valence-electron chi connectivity index (χ0n) is 27.9. The van der Waals surface area contributed by atoms with E-state index >= 15 is 0 Å². The van der Waals surface area contributed by atoms with Gasteiger partial charge in [-0.3, -0.25) is 4.57 Å². The van der Waals surface area contributed by atoms with Crippen LogP contribution in [-0.4, -0.2) is 14.5 Å². The highest BCUT2D eigenvalue weighted by atomic mass is 15.2. The molecular weight excluding hydrogens is 607 g/mol. The molecule has 0 aliphatic heterocycles. The Labute approximate surface area is 291 Å². The van der Waals surface area contributed by atoms with Crippen molar-refractivity contribution in [1.29, 1.82) is 0 Å². The number of nitrogens with zero attached hydrogens (tertiary/aromatic N) is 3. The van der Waals surface area contributed by atoms with Crippen LogP contribution < -0.4 is 0 Å². The number of aromatic nitrogens is 3. The minimum Gasteiger partial charge on any atom is -0.278 e. The molecule has 0 fully saturated rings. The summed E-state index contributed by atoms with van der Waals surface area (Å²) in [6, 6.07) is 58.8. The highest BCUT2D eigenvalue weighted by molar-refractivity contribution is 6.13. The van der Waals surface area contributed by atoms with Crippen molar-refractivity contribution >= 4 is 32.6 Å². The molecule has 0 saturated carbocycles. The van der Waals surface area contributed by atoms with Gasteiger partial charge in [0, 0.05) is 32.9 Å². The standard InChI is InChI=1S/C47H33N3/c1-47(2)40-23-13-11-22-38(40)45-43(47)44(36-26-34(30-15-5-3-6-16-30)25-35(27-36)31-17-7-4-8-18-31)48-46(49-45)50-41-24-14-12-21-37(41)39-28-32-19-9-10-20-33(32)29-42(39)50/h3-29H,1-2H3. The van der Waals surface area contributed by atoms with Gasteiger partial charge in [-0.05, 0) is 75.0 Å². The van der Waals surface area contributed by atoms with Gasteiger partial charge in [0.05, 0.1) is 22.4 Å². The van der Waals surface area contributed by atoms with E-state index in [1.165, 1.54) is 43.8 Å². The molecule has 0 atom stereocenters. The minimum absolute atomic E-state index is 0.299. The van der Waals surface area contributed by atoms with Crippen LogP contribution in [0.4, 0.5) is 0 Å². The molecule has 0 saturated heterocycles. The molecule has 1 aliphatic carbocycles. The van der Waals surface area contributed by atoms with Crippen molar-refractivity contribution in [2.45, 2.75) is 19.3 Å². The van der Waals surface area contributed by atoms with Gasteiger partial charge in [-0.2, -0.15) is 0 Å². The molecule has 7 aromatic carbocycles. The molecule has 236 valence electrons. The third-order valence-corrected chi connectivity index (χ3v) is 10.5. The molecule has 3 heteroatoms. The Balaban J connectivity index is 1.33. The molecule has 0 bridgehead atoms. The van der Waals surface area contributed by atoms with Gasteiger partial charge in [0.2, 0.25) is 5.95 Å². The number of hydrogen-bond acceptors (Lipinski definition) is 2. The van der Waals surface area contributed by atoms with Crippen molar-refractivity contribution < 1.29 is 0 Å². The summed E-state index contributed by atoms with van der Waals surface area (Å²) in [6.07, 6.45) is 0. The van der Waals surface area contributed by atoms with Gasteiger partial charge in [-0.1, -0.05) is 141 Å². The first kappa shape index (κ1) is 28.7. The predicted molar refractivity (Wildman–Crippen MR) is 208 cm³/mol. The molecule has 2 aromatic heterocycles. The van der Waals surface area contributed by atoms with Crippen LogP contribution in [0.3, 0.4) is 0 Å². The van der Waals surface area contributed by atoms with Crippen LogP contribution in [0.1, 0.15) is 25.0 Å². The third-order valence-electron chi connectivity index (χ3n) is 10.5. The Morgan fingerprint density at radius 3 is 1.72 bits per heavy atom. The topological polar surface area (TPSA) is 30.7 Å². The summed E-state index contributed by atoms with van der Waals surface area (Å²) in [6.45, 7) is 4.63. The lowest BCUT2D eigenvalue weighted by molar-refractivity contribution is 0.657. The fourth-order valence-electron chi connectivity index (χ4n) is 8.14. The fraction of sp³-hybridized carbons (Fsp3) is 0.0638. The number of rotatable bonds is 4. The van der Waals surface area contributed by atoms with Crippen LogP contribution in [0.2, 0.25) is 0 Å². The van der Waals surface area contributed by atoms with Gasteiger partial charge >= 0.3 is 0 Å². The van der Waals surface area contributed by atoms with E-state index < -0.39 is 0 Å². The maximum atomic E-state index is 5.64. The van der Waals surface area contributed by atoms with E-state index in [1.807, 2.05) is 0 Å². The molecule has 0 N–H and O–H groups in total. The molecule has 10 rings (SSSR count). The molecule has 0 radical (unpaired) electrons. The summed E-state index contributed by atoms with van der Waals surface area (Å²) in [5, 5.41) is 4.81. The Hall–Kier alpha value is -6.32. The van der Waals surface area contributed by atoms with Crippen LogP contribution in [-0.2, 0) is 5.41 Å². The van der Waals surface area contributed by atoms with Gasteiger partial charge in [0.25, 0.3) is 0 Å². The van der Waals surface area contributed by atoms with Gasteiger partial charge in [0.15, 0.2) is 0 Å². The Bertz CT molecular complexity index is 2720. The third kappa shape index (κ3) is 4.30. The largest absolute Gasteiger partial charge is 0.278 e. The van der Waals surface area contributed by atoms with Gasteiger partial charge < -0.3 is 0 Å². The van der Waals surface area contributed by atoms with E-state index in [4.69, 9.17) is 9.97 Å². The Morgan fingerprint density at radius 2 is 1.00 bits per heavy atom. The number of benzene rings is 7. The lowest BCUT2D eigenvalue weighted by atomic mass is 9.80. The fourth-order valence-corrected chi connectivity index (χ4v) is 8.14. The summed E-state index contributed by atoms with van der Waals surface area (Å²) < 4.78 is 2.27. The van der Waals surface area contributed by atoms with Gasteiger partial charge in [-0.15, -0.1) is 0 Å². The SMILES string of the molecule is CC1(C)c2ccccc2-c2nc(-n3c4ccccc4c4cc5ccccc5cc43)nc(-c3cc(-c4ccccc4)cc(-c4ccccc4)c3)c21. The lowest BCUT2D eigenvalue weighted by Crippen LogP contribution is -2.18. The number of hydrogen-bond donors (Lipinski definition) is 0. The van der Waals surface area contributed by atoms with E-state index in [-0.39, 0.29) is 5.41 Å². The molecule has 0 spiro atoms. The summed E-state index contributed by atoms with van der Waals surface area (Å²) in [5.74, 6) is 0.680. The Morgan fingerprint density at radius 1 is 0.440 bits per heavy atom. The normalized spacial score (nSPS) is 13.2. The molecule has 1 aliphatic rings. The quantitative estimate of drug-likeness (QED) is 0.192. The van der Waals surface area contributed by atoms with Crippen molar-refractivity contribution in [1.82, 2.24) is 14.5 Å². The van der Waals surface area contributed by atoms with Crippen molar-refractivity contribution in [3.8, 4) is 50.7 Å². The summed E-state index contributed by atoms with van der Waals surface area (Å²) in [7, 11) is 0. The molecule has 9 aromatic rings. The molecule has 3 nitrogen and oxygen atoms in total. The Kier molecular flexibility index (Phi) is 6.22. The van der Waals surface area contributed by atoms with Gasteiger partial charge in [-0.25, -0.2) is 9.97 Å². The van der Waals surface area contributed by atoms with Crippen molar-refractivity contribution in [2.24, 2.45) is 0 Å². The predicted octanol–water partition coefficient (Wildman–Crippen LogP) is 12.0. The average Bonchev–Trinajstić information content (AvgIpc) is 3.61. The van der Waals surface area contributed by atoms with Crippen LogP contribution >= 0.6 is 0 Å². The lowest BCUT2D eigenvalue weighted by Gasteiger charge is -2.24. The molecular formula is C47H33N3. The van der Waals surface area contributed by atoms with E-state index in [1.54, 1.807) is 0 Å². The second-order valence-electron chi connectivity index (χ2n) is 13.9. The first-order valence-corrected chi connectivity index (χ1v) is 17.3. The highest BCUT2D eigenvalue weighted by Crippen LogP contribution is 2.52. The van der Waals surface area contributed by atoms with E-state index in [2.05, 4.69) is 182 Å². The second kappa shape index (κ2) is 10.8. The van der Waals surface area contributed by atoms with Crippen LogP contribution in [0.5, 0.6) is 0 Å². The maximum absolute atomic E-state index is 5.64. The van der Waals surface area contributed by atoms with Crippen molar-refractivity contribution in [3.63, 3.8) is 0 Å². The van der Waals surface area contributed by atoms with Crippen molar-refractivity contribution in [2.75, 3.05) is 0 Å². The summed E-state index contributed by atoms with van der Waals surface area (Å²) in [4.78, 5) is 11.1. The molecule has 2 heterocycles. The molecule has 0 unspecified atom stereocenters. The smallest absolute Gasteiger partial charge is 0.235 e. The first-order valence-electron chi connectivity index (χ1n) is 17.3. The zero-order chi connectivity index (χ0) is 33.4. The summed E-state index contributed by atoms with van der Waals surface area (Å²) in [5.41, 5.74) is 13.2. The monoisotopic (exact) mass is 639 g/mol. The maximum Gasteiger partial charge on any atom is 0.235 e. The molecule has 50 heavy (non-hydrogen) atoms. The number of para-hydroxylation sites is 1. The zero-order valence-corrected chi connectivity index (χ0v) is 27.9. The average molecular weight is 640 g/mol. The molecule has 0 amide bonds. The number of fused-ring (bicyclic) bond motifs is 7. The second-order valence-corrected chi connectivity index (χ2v) is 13.9. The first-order chi connectivity index (χ1) is 24.5. The van der Waals surface area contributed by atoms with E-state index in [0.29, 0.717) is 5.95 Å². The minimum atomic E-state index is -0.299. The van der Waals surface area contributed by atoms with E-state index in [9.17, 15) is 0 Å². The van der Waals surface area contributed by atoms with Crippen molar-refractivity contribution in [3.05, 3.63) is 175 Å². The van der Waals surface area contributed by atoms with E-state index in [0.717, 1.165) is 44.7 Å².